The van der Waals surface area contributed by atoms with Crippen LogP contribution in [-0.4, -0.2) is 11.5 Å². The van der Waals surface area contributed by atoms with Crippen molar-refractivity contribution in [2.24, 2.45) is 0 Å². The third kappa shape index (κ3) is 6.19. The molecule has 0 aliphatic carbocycles. The molecule has 0 atom stereocenters. The number of rotatable bonds is 8. The Morgan fingerprint density at radius 1 is 0.632 bits per heavy atom. The lowest BCUT2D eigenvalue weighted by Gasteiger charge is -2.02. The van der Waals surface area contributed by atoms with Gasteiger partial charge in [0.1, 0.15) is 0 Å². The van der Waals surface area contributed by atoms with Gasteiger partial charge in [-0.3, -0.25) is 0 Å². The van der Waals surface area contributed by atoms with E-state index in [1.54, 1.807) is 24.1 Å². The molecular formula is C16H18OS2. The van der Waals surface area contributed by atoms with Crippen LogP contribution >= 0.6 is 24.1 Å². The molecule has 0 aliphatic heterocycles. The first kappa shape index (κ1) is 14.5. The summed E-state index contributed by atoms with van der Waals surface area (Å²) in [4.78, 5) is 0. The molecule has 0 heterocycles. The fourth-order valence-corrected chi connectivity index (χ4v) is 3.17. The summed E-state index contributed by atoms with van der Waals surface area (Å²) >= 11 is 3.09. The third-order valence-corrected chi connectivity index (χ3v) is 4.24. The maximum absolute atomic E-state index is 5.51. The summed E-state index contributed by atoms with van der Waals surface area (Å²) in [5.74, 6) is 2.00. The van der Waals surface area contributed by atoms with E-state index in [1.807, 2.05) is 12.1 Å². The Kier molecular flexibility index (Phi) is 6.93. The van der Waals surface area contributed by atoms with E-state index in [9.17, 15) is 0 Å². The first-order chi connectivity index (χ1) is 9.45. The van der Waals surface area contributed by atoms with Gasteiger partial charge in [0.05, 0.1) is 0 Å². The molecule has 0 spiro atoms. The summed E-state index contributed by atoms with van der Waals surface area (Å²) in [7, 11) is 0. The Hall–Kier alpha value is -0.900. The molecule has 0 unspecified atom stereocenters. The lowest BCUT2D eigenvalue weighted by molar-refractivity contribution is 0.753. The highest BCUT2D eigenvalue weighted by atomic mass is 32.2. The van der Waals surface area contributed by atoms with Crippen LogP contribution in [0, 0.1) is 0 Å². The molecule has 0 aromatic heterocycles. The molecule has 3 heteroatoms. The molecule has 0 amide bonds. The zero-order valence-corrected chi connectivity index (χ0v) is 12.5. The number of hydrogen-bond donors (Lipinski definition) is 0. The Balaban J connectivity index is 1.49. The highest BCUT2D eigenvalue weighted by Crippen LogP contribution is 2.17. The standard InChI is InChI=1S/C16H18OS2/c1-3-7-15(8-4-1)11-13-18-17-19-14-12-16-9-5-2-6-10-16/h1-10H,11-14H2. The minimum atomic E-state index is 1.00. The van der Waals surface area contributed by atoms with Gasteiger partial charge in [-0.15, -0.1) is 0 Å². The molecule has 0 saturated heterocycles. The maximum atomic E-state index is 5.51. The van der Waals surface area contributed by atoms with E-state index in [-0.39, 0.29) is 0 Å². The van der Waals surface area contributed by atoms with Crippen LogP contribution in [0.4, 0.5) is 0 Å². The van der Waals surface area contributed by atoms with Gasteiger partial charge in [0, 0.05) is 35.6 Å². The van der Waals surface area contributed by atoms with E-state index in [1.165, 1.54) is 11.1 Å². The van der Waals surface area contributed by atoms with E-state index >= 15 is 0 Å². The van der Waals surface area contributed by atoms with E-state index < -0.39 is 0 Å². The van der Waals surface area contributed by atoms with Crippen molar-refractivity contribution in [2.45, 2.75) is 12.8 Å². The van der Waals surface area contributed by atoms with Gasteiger partial charge in [-0.05, 0) is 24.0 Å². The highest BCUT2D eigenvalue weighted by Gasteiger charge is 1.96. The van der Waals surface area contributed by atoms with Crippen molar-refractivity contribution in [3.8, 4) is 0 Å². The van der Waals surface area contributed by atoms with Crippen LogP contribution in [0.1, 0.15) is 11.1 Å². The van der Waals surface area contributed by atoms with E-state index in [0.717, 1.165) is 24.3 Å². The van der Waals surface area contributed by atoms with Crippen LogP contribution in [0.2, 0.25) is 0 Å². The predicted octanol–water partition coefficient (Wildman–Crippen LogP) is 4.78. The van der Waals surface area contributed by atoms with Crippen LogP contribution in [-0.2, 0) is 16.5 Å². The molecule has 0 fully saturated rings. The van der Waals surface area contributed by atoms with Crippen LogP contribution in [0.25, 0.3) is 0 Å². The summed E-state index contributed by atoms with van der Waals surface area (Å²) in [6.07, 6.45) is 2.12. The molecule has 0 saturated carbocycles. The van der Waals surface area contributed by atoms with Gasteiger partial charge in [0.25, 0.3) is 0 Å². The van der Waals surface area contributed by atoms with Gasteiger partial charge in [-0.25, -0.2) is 3.63 Å². The molecule has 0 bridgehead atoms. The van der Waals surface area contributed by atoms with Gasteiger partial charge >= 0.3 is 0 Å². The number of benzene rings is 2. The average molecular weight is 290 g/mol. The Bertz CT molecular complexity index is 401. The molecule has 1 nitrogen and oxygen atoms in total. The van der Waals surface area contributed by atoms with E-state index in [4.69, 9.17) is 3.63 Å². The molecular weight excluding hydrogens is 272 g/mol. The number of aryl methyl sites for hydroxylation is 2. The highest BCUT2D eigenvalue weighted by molar-refractivity contribution is 8.07. The van der Waals surface area contributed by atoms with Crippen LogP contribution in [0.15, 0.2) is 60.7 Å². The molecule has 0 N–H and O–H groups in total. The first-order valence-electron chi connectivity index (χ1n) is 6.44. The first-order valence-corrected chi connectivity index (χ1v) is 8.26. The van der Waals surface area contributed by atoms with Crippen LogP contribution in [0.5, 0.6) is 0 Å². The zero-order chi connectivity index (χ0) is 13.2. The topological polar surface area (TPSA) is 9.23 Å². The van der Waals surface area contributed by atoms with Gasteiger partial charge in [0.2, 0.25) is 0 Å². The summed E-state index contributed by atoms with van der Waals surface area (Å²) in [6, 6.07) is 21.0. The van der Waals surface area contributed by atoms with Crippen molar-refractivity contribution >= 4 is 24.1 Å². The maximum Gasteiger partial charge on any atom is 0.0251 e. The fourth-order valence-electron chi connectivity index (χ4n) is 1.71. The molecule has 0 aliphatic rings. The van der Waals surface area contributed by atoms with Gasteiger partial charge < -0.3 is 0 Å². The Labute approximate surface area is 124 Å². The minimum absolute atomic E-state index is 1.00. The lowest BCUT2D eigenvalue weighted by Crippen LogP contribution is -1.89. The number of hydrogen-bond acceptors (Lipinski definition) is 3. The van der Waals surface area contributed by atoms with Gasteiger partial charge in [-0.1, -0.05) is 60.7 Å². The second kappa shape index (κ2) is 9.08. The van der Waals surface area contributed by atoms with Crippen molar-refractivity contribution in [1.29, 1.82) is 0 Å². The largest absolute Gasteiger partial charge is 0.247 e. The van der Waals surface area contributed by atoms with Crippen molar-refractivity contribution in [3.63, 3.8) is 0 Å². The van der Waals surface area contributed by atoms with Crippen LogP contribution < -0.4 is 0 Å². The minimum Gasteiger partial charge on any atom is -0.247 e. The monoisotopic (exact) mass is 290 g/mol. The summed E-state index contributed by atoms with van der Waals surface area (Å²) in [6.45, 7) is 0. The molecule has 19 heavy (non-hydrogen) atoms. The van der Waals surface area contributed by atoms with Crippen LogP contribution in [0.3, 0.4) is 0 Å². The van der Waals surface area contributed by atoms with Crippen molar-refractivity contribution in [3.05, 3.63) is 71.8 Å². The summed E-state index contributed by atoms with van der Waals surface area (Å²) in [5, 5.41) is 0. The fraction of sp³-hybridized carbons (Fsp3) is 0.250. The Morgan fingerprint density at radius 3 is 1.47 bits per heavy atom. The van der Waals surface area contributed by atoms with Gasteiger partial charge in [-0.2, -0.15) is 0 Å². The van der Waals surface area contributed by atoms with E-state index in [2.05, 4.69) is 48.5 Å². The second-order valence-corrected chi connectivity index (χ2v) is 6.02. The quantitative estimate of drug-likeness (QED) is 0.511. The smallest absolute Gasteiger partial charge is 0.0251 e. The second-order valence-electron chi connectivity index (χ2n) is 4.18. The lowest BCUT2D eigenvalue weighted by atomic mass is 10.2. The summed E-state index contributed by atoms with van der Waals surface area (Å²) < 4.78 is 5.51. The zero-order valence-electron chi connectivity index (χ0n) is 10.8. The molecule has 2 aromatic carbocycles. The Morgan fingerprint density at radius 2 is 1.05 bits per heavy atom. The predicted molar refractivity (Wildman–Crippen MR) is 86.3 cm³/mol. The van der Waals surface area contributed by atoms with Gasteiger partial charge in [0.15, 0.2) is 0 Å². The molecule has 2 aromatic rings. The molecule has 100 valence electrons. The van der Waals surface area contributed by atoms with Crippen molar-refractivity contribution < 1.29 is 3.63 Å². The van der Waals surface area contributed by atoms with Crippen molar-refractivity contribution in [1.82, 2.24) is 0 Å². The molecule has 0 radical (unpaired) electrons. The third-order valence-electron chi connectivity index (χ3n) is 2.73. The molecule has 2 rings (SSSR count). The normalized spacial score (nSPS) is 10.5. The summed E-state index contributed by atoms with van der Waals surface area (Å²) in [5.41, 5.74) is 2.74. The van der Waals surface area contributed by atoms with E-state index in [0.29, 0.717) is 0 Å². The SMILES string of the molecule is c1ccc(CCSOSCCc2ccccc2)cc1. The van der Waals surface area contributed by atoms with Crippen molar-refractivity contribution in [2.75, 3.05) is 11.5 Å². The average Bonchev–Trinajstić information content (AvgIpc) is 2.48.